The Morgan fingerprint density at radius 2 is 1.61 bits per heavy atom. The number of hydrogen-bond donors (Lipinski definition) is 0. The molecule has 1 aromatic heterocycles. The lowest BCUT2D eigenvalue weighted by Gasteiger charge is -2.31. The van der Waals surface area contributed by atoms with Crippen LogP contribution in [0.3, 0.4) is 0 Å². The number of carbonyl (C=O) groups is 1. The molecule has 0 radical (unpaired) electrons. The van der Waals surface area contributed by atoms with Gasteiger partial charge in [-0.15, -0.1) is 0 Å². The molecule has 4 heteroatoms. The van der Waals surface area contributed by atoms with Crippen molar-refractivity contribution in [2.24, 2.45) is 0 Å². The lowest BCUT2D eigenvalue weighted by Crippen LogP contribution is -2.42. The van der Waals surface area contributed by atoms with Crippen molar-refractivity contribution in [2.75, 3.05) is 7.05 Å². The van der Waals surface area contributed by atoms with Gasteiger partial charge in [-0.2, -0.15) is 0 Å². The van der Waals surface area contributed by atoms with Gasteiger partial charge in [0.2, 0.25) is 0 Å². The molecule has 0 unspecified atom stereocenters. The van der Waals surface area contributed by atoms with E-state index >= 15 is 0 Å². The van der Waals surface area contributed by atoms with Crippen LogP contribution in [0.5, 0.6) is 0 Å². The maximum Gasteiger partial charge on any atom is 0.272 e. The minimum atomic E-state index is -0.289. The van der Waals surface area contributed by atoms with Gasteiger partial charge >= 0.3 is 0 Å². The molecule has 0 aliphatic rings. The quantitative estimate of drug-likeness (QED) is 0.755. The molecule has 1 amide bonds. The third kappa shape index (κ3) is 4.40. The van der Waals surface area contributed by atoms with Gasteiger partial charge in [-0.3, -0.25) is 4.79 Å². The molecule has 0 saturated heterocycles. The van der Waals surface area contributed by atoms with Gasteiger partial charge in [-0.25, -0.2) is 9.37 Å². The Balaban J connectivity index is 2.14. The Kier molecular flexibility index (Phi) is 4.80. The number of amides is 1. The minimum absolute atomic E-state index is 0.129. The highest BCUT2D eigenvalue weighted by atomic mass is 19.1. The first-order chi connectivity index (χ1) is 10.8. The largest absolute Gasteiger partial charge is 0.336 e. The Labute approximate surface area is 136 Å². The molecule has 118 valence electrons. The van der Waals surface area contributed by atoms with Crippen LogP contribution in [0.25, 0.3) is 0 Å². The number of halogens is 1. The average Bonchev–Trinajstić information content (AvgIpc) is 2.52. The fourth-order valence-corrected chi connectivity index (χ4v) is 1.75. The molecule has 0 fully saturated rings. The molecule has 0 spiro atoms. The summed E-state index contributed by atoms with van der Waals surface area (Å²) < 4.78 is 12.8. The van der Waals surface area contributed by atoms with Crippen molar-refractivity contribution in [3.05, 3.63) is 65.2 Å². The van der Waals surface area contributed by atoms with E-state index in [1.54, 1.807) is 42.4 Å². The molecule has 0 aliphatic carbocycles. The molecule has 0 N–H and O–H groups in total. The van der Waals surface area contributed by atoms with Crippen LogP contribution in [-0.4, -0.2) is 28.4 Å². The van der Waals surface area contributed by atoms with Crippen LogP contribution < -0.4 is 0 Å². The molecule has 2 aromatic rings. The lowest BCUT2D eigenvalue weighted by molar-refractivity contribution is 0.0649. The first kappa shape index (κ1) is 16.7. The van der Waals surface area contributed by atoms with Crippen LogP contribution in [0.1, 0.15) is 42.4 Å². The summed E-state index contributed by atoms with van der Waals surface area (Å²) in [7, 11) is 1.76. The highest BCUT2D eigenvalue weighted by Crippen LogP contribution is 2.14. The van der Waals surface area contributed by atoms with E-state index in [1.165, 1.54) is 12.1 Å². The number of aromatic nitrogens is 1. The molecule has 0 saturated carbocycles. The van der Waals surface area contributed by atoms with Crippen molar-refractivity contribution < 1.29 is 9.18 Å². The summed E-state index contributed by atoms with van der Waals surface area (Å²) >= 11 is 0. The van der Waals surface area contributed by atoms with Gasteiger partial charge in [-0.05, 0) is 57.2 Å². The summed E-state index contributed by atoms with van der Waals surface area (Å²) in [5.41, 5.74) is 1.54. The number of benzene rings is 1. The fraction of sp³-hybridized carbons (Fsp3) is 0.263. The van der Waals surface area contributed by atoms with Crippen LogP contribution in [-0.2, 0) is 0 Å². The maximum atomic E-state index is 12.8. The van der Waals surface area contributed by atoms with E-state index < -0.39 is 0 Å². The van der Waals surface area contributed by atoms with E-state index in [4.69, 9.17) is 0 Å². The first-order valence-electron chi connectivity index (χ1n) is 7.29. The summed E-state index contributed by atoms with van der Waals surface area (Å²) in [6, 6.07) is 9.39. The minimum Gasteiger partial charge on any atom is -0.336 e. The number of hydrogen-bond acceptors (Lipinski definition) is 2. The normalized spacial score (nSPS) is 10.7. The number of nitrogens with zero attached hydrogens (tertiary/aromatic N) is 2. The lowest BCUT2D eigenvalue weighted by atomic mass is 10.1. The molecule has 1 aromatic carbocycles. The van der Waals surface area contributed by atoms with Gasteiger partial charge < -0.3 is 4.90 Å². The van der Waals surface area contributed by atoms with Gasteiger partial charge in [0, 0.05) is 29.9 Å². The van der Waals surface area contributed by atoms with Crippen molar-refractivity contribution in [1.82, 2.24) is 9.88 Å². The second-order valence-corrected chi connectivity index (χ2v) is 6.22. The van der Waals surface area contributed by atoms with Crippen molar-refractivity contribution in [2.45, 2.75) is 26.3 Å². The van der Waals surface area contributed by atoms with E-state index in [0.29, 0.717) is 11.3 Å². The average molecular weight is 310 g/mol. The van der Waals surface area contributed by atoms with E-state index in [-0.39, 0.29) is 17.3 Å². The van der Waals surface area contributed by atoms with Gasteiger partial charge in [0.1, 0.15) is 11.5 Å². The van der Waals surface area contributed by atoms with Crippen molar-refractivity contribution >= 4 is 5.91 Å². The maximum absolute atomic E-state index is 12.8. The molecular formula is C19H19FN2O. The predicted octanol–water partition coefficient (Wildman–Crippen LogP) is 3.49. The van der Waals surface area contributed by atoms with Crippen molar-refractivity contribution in [3.8, 4) is 11.8 Å². The zero-order valence-corrected chi connectivity index (χ0v) is 13.7. The van der Waals surface area contributed by atoms with Crippen LogP contribution in [0.2, 0.25) is 0 Å². The van der Waals surface area contributed by atoms with Crippen molar-refractivity contribution in [3.63, 3.8) is 0 Å². The van der Waals surface area contributed by atoms with Gasteiger partial charge in [0.05, 0.1) is 0 Å². The van der Waals surface area contributed by atoms with Gasteiger partial charge in [0.25, 0.3) is 5.91 Å². The molecule has 23 heavy (non-hydrogen) atoms. The molecular weight excluding hydrogens is 291 g/mol. The number of rotatable bonds is 1. The standard InChI is InChI=1S/C19H19FN2O/c1-19(2,3)22(4)18(23)17-12-9-15(13-21-17)6-5-14-7-10-16(20)11-8-14/h7-13H,1-4H3. The summed E-state index contributed by atoms with van der Waals surface area (Å²) in [5, 5.41) is 0. The van der Waals surface area contributed by atoms with Crippen LogP contribution in [0.15, 0.2) is 42.6 Å². The first-order valence-corrected chi connectivity index (χ1v) is 7.29. The van der Waals surface area contributed by atoms with E-state index in [0.717, 1.165) is 5.56 Å². The fourth-order valence-electron chi connectivity index (χ4n) is 1.75. The van der Waals surface area contributed by atoms with E-state index in [2.05, 4.69) is 16.8 Å². The SMILES string of the molecule is CN(C(=O)c1ccc(C#Cc2ccc(F)cc2)cn1)C(C)(C)C. The third-order valence-electron chi connectivity index (χ3n) is 3.49. The Hall–Kier alpha value is -2.67. The highest BCUT2D eigenvalue weighted by molar-refractivity contribution is 5.92. The zero-order valence-electron chi connectivity index (χ0n) is 13.7. The van der Waals surface area contributed by atoms with Crippen molar-refractivity contribution in [1.29, 1.82) is 0 Å². The Morgan fingerprint density at radius 1 is 1.04 bits per heavy atom. The van der Waals surface area contributed by atoms with Crippen LogP contribution >= 0.6 is 0 Å². The third-order valence-corrected chi connectivity index (χ3v) is 3.49. The molecule has 1 heterocycles. The summed E-state index contributed by atoms with van der Waals surface area (Å²) in [4.78, 5) is 18.1. The van der Waals surface area contributed by atoms with E-state index in [1.807, 2.05) is 20.8 Å². The number of pyridine rings is 1. The molecule has 0 bridgehead atoms. The summed E-state index contributed by atoms with van der Waals surface area (Å²) in [5.74, 6) is 5.46. The topological polar surface area (TPSA) is 33.2 Å². The van der Waals surface area contributed by atoms with Crippen LogP contribution in [0, 0.1) is 17.7 Å². The number of carbonyl (C=O) groups excluding carboxylic acids is 1. The van der Waals surface area contributed by atoms with Crippen LogP contribution in [0.4, 0.5) is 4.39 Å². The Morgan fingerprint density at radius 3 is 2.13 bits per heavy atom. The predicted molar refractivity (Wildman–Crippen MR) is 88.5 cm³/mol. The zero-order chi connectivity index (χ0) is 17.0. The second kappa shape index (κ2) is 6.62. The molecule has 3 nitrogen and oxygen atoms in total. The molecule has 2 rings (SSSR count). The summed E-state index contributed by atoms with van der Waals surface area (Å²) in [6.45, 7) is 5.90. The molecule has 0 atom stereocenters. The second-order valence-electron chi connectivity index (χ2n) is 6.22. The monoisotopic (exact) mass is 310 g/mol. The van der Waals surface area contributed by atoms with E-state index in [9.17, 15) is 9.18 Å². The molecule has 0 aliphatic heterocycles. The summed E-state index contributed by atoms with van der Waals surface area (Å²) in [6.07, 6.45) is 1.57. The van der Waals surface area contributed by atoms with Gasteiger partial charge in [-0.1, -0.05) is 11.8 Å². The smallest absolute Gasteiger partial charge is 0.272 e. The Bertz CT molecular complexity index is 747. The van der Waals surface area contributed by atoms with Gasteiger partial charge in [0.15, 0.2) is 0 Å². The highest BCUT2D eigenvalue weighted by Gasteiger charge is 2.23.